The van der Waals surface area contributed by atoms with E-state index in [2.05, 4.69) is 17.6 Å². The standard InChI is InChI=1S/C31H32ClN5O3S/c1-5-16-41-31-35-30-33-20(3)27(29(38)34-24-13-9-6-10-19(24)2)28(37(30)36-31)21-14-15-25(26(17-21)39-4)40-18-22-11-7-8-12-23(22)32/h6-15,17,28H,5,16,18H2,1-4H3,(H,34,38)(H,33,35,36). The van der Waals surface area contributed by atoms with Gasteiger partial charge in [-0.2, -0.15) is 4.98 Å². The number of aromatic nitrogens is 3. The van der Waals surface area contributed by atoms with Gasteiger partial charge in [-0.25, -0.2) is 4.68 Å². The van der Waals surface area contributed by atoms with E-state index in [-0.39, 0.29) is 12.5 Å². The number of benzene rings is 3. The van der Waals surface area contributed by atoms with Crippen LogP contribution in [0, 0.1) is 6.92 Å². The second-order valence-corrected chi connectivity index (χ2v) is 11.1. The Morgan fingerprint density at radius 3 is 2.63 bits per heavy atom. The number of anilines is 2. The predicted molar refractivity (Wildman–Crippen MR) is 164 cm³/mol. The number of allylic oxidation sites excluding steroid dienone is 1. The molecule has 1 atom stereocenters. The molecule has 212 valence electrons. The monoisotopic (exact) mass is 589 g/mol. The second-order valence-electron chi connectivity index (χ2n) is 9.64. The van der Waals surface area contributed by atoms with Crippen molar-refractivity contribution in [3.05, 3.63) is 99.7 Å². The van der Waals surface area contributed by atoms with E-state index in [1.165, 1.54) is 0 Å². The number of methoxy groups -OCH3 is 1. The van der Waals surface area contributed by atoms with Gasteiger partial charge in [0.25, 0.3) is 5.91 Å². The first-order chi connectivity index (χ1) is 19.9. The SMILES string of the molecule is CCCSc1nc2n(n1)C(c1ccc(OCc3ccccc3Cl)c(OC)c1)C(C(=O)Nc1ccccc1C)=C(C)N2. The Hall–Kier alpha value is -3.95. The number of hydrogen-bond donors (Lipinski definition) is 2. The largest absolute Gasteiger partial charge is 0.493 e. The van der Waals surface area contributed by atoms with Crippen molar-refractivity contribution in [1.29, 1.82) is 0 Å². The number of para-hydroxylation sites is 1. The van der Waals surface area contributed by atoms with E-state index in [4.69, 9.17) is 31.2 Å². The number of hydrogen-bond acceptors (Lipinski definition) is 7. The molecule has 5 rings (SSSR count). The van der Waals surface area contributed by atoms with E-state index >= 15 is 0 Å². The van der Waals surface area contributed by atoms with E-state index in [1.807, 2.05) is 80.6 Å². The van der Waals surface area contributed by atoms with Crippen LogP contribution in [0.25, 0.3) is 0 Å². The zero-order chi connectivity index (χ0) is 28.9. The van der Waals surface area contributed by atoms with E-state index in [1.54, 1.807) is 23.6 Å². The normalized spacial score (nSPS) is 14.3. The quantitative estimate of drug-likeness (QED) is 0.188. The molecule has 3 aromatic carbocycles. The first-order valence-corrected chi connectivity index (χ1v) is 14.7. The Kier molecular flexibility index (Phi) is 8.85. The van der Waals surface area contributed by atoms with Crippen molar-refractivity contribution < 1.29 is 14.3 Å². The molecule has 1 unspecified atom stereocenters. The molecule has 0 fully saturated rings. The molecule has 1 aliphatic heterocycles. The number of carbonyl (C=O) groups excluding carboxylic acids is 1. The number of carbonyl (C=O) groups is 1. The van der Waals surface area contributed by atoms with Crippen LogP contribution < -0.4 is 20.1 Å². The molecule has 0 saturated heterocycles. The van der Waals surface area contributed by atoms with Crippen molar-refractivity contribution in [2.75, 3.05) is 23.5 Å². The fourth-order valence-electron chi connectivity index (χ4n) is 4.64. The highest BCUT2D eigenvalue weighted by atomic mass is 35.5. The Balaban J connectivity index is 1.52. The summed E-state index contributed by atoms with van der Waals surface area (Å²) in [6, 6.07) is 20.4. The smallest absolute Gasteiger partial charge is 0.255 e. The number of ether oxygens (including phenoxy) is 2. The van der Waals surface area contributed by atoms with Gasteiger partial charge in [-0.15, -0.1) is 5.10 Å². The summed E-state index contributed by atoms with van der Waals surface area (Å²) in [6.07, 6.45) is 1.000. The number of halogens is 1. The molecule has 0 bridgehead atoms. The highest BCUT2D eigenvalue weighted by molar-refractivity contribution is 7.99. The molecule has 0 radical (unpaired) electrons. The average Bonchev–Trinajstić information content (AvgIpc) is 3.38. The van der Waals surface area contributed by atoms with Crippen molar-refractivity contribution >= 4 is 40.9 Å². The van der Waals surface area contributed by atoms with Crippen LogP contribution in [0.3, 0.4) is 0 Å². The van der Waals surface area contributed by atoms with Crippen LogP contribution in [0.15, 0.2) is 83.2 Å². The summed E-state index contributed by atoms with van der Waals surface area (Å²) in [5, 5.41) is 12.5. The third kappa shape index (κ3) is 6.21. The number of nitrogens with one attached hydrogen (secondary N) is 2. The van der Waals surface area contributed by atoms with Crippen LogP contribution >= 0.6 is 23.4 Å². The Labute approximate surface area is 249 Å². The molecule has 41 heavy (non-hydrogen) atoms. The molecule has 8 nitrogen and oxygen atoms in total. The summed E-state index contributed by atoms with van der Waals surface area (Å²) < 4.78 is 13.6. The Morgan fingerprint density at radius 1 is 1.10 bits per heavy atom. The Bertz CT molecular complexity index is 1600. The molecule has 1 aromatic heterocycles. The lowest BCUT2D eigenvalue weighted by atomic mass is 9.94. The Morgan fingerprint density at radius 2 is 1.88 bits per heavy atom. The third-order valence-corrected chi connectivity index (χ3v) is 8.16. The first kappa shape index (κ1) is 28.6. The zero-order valence-electron chi connectivity index (χ0n) is 23.4. The van der Waals surface area contributed by atoms with Gasteiger partial charge in [0.1, 0.15) is 12.6 Å². The number of aryl methyl sites for hydroxylation is 1. The van der Waals surface area contributed by atoms with Crippen LogP contribution in [0.5, 0.6) is 11.5 Å². The number of nitrogens with zero attached hydrogens (tertiary/aromatic N) is 3. The lowest BCUT2D eigenvalue weighted by molar-refractivity contribution is -0.113. The van der Waals surface area contributed by atoms with Crippen molar-refractivity contribution in [2.24, 2.45) is 0 Å². The van der Waals surface area contributed by atoms with Crippen molar-refractivity contribution in [3.8, 4) is 11.5 Å². The van der Waals surface area contributed by atoms with E-state index in [0.29, 0.717) is 38.9 Å². The summed E-state index contributed by atoms with van der Waals surface area (Å²) >= 11 is 7.91. The van der Waals surface area contributed by atoms with Crippen LogP contribution in [0.2, 0.25) is 5.02 Å². The fourth-order valence-corrected chi connectivity index (χ4v) is 5.51. The van der Waals surface area contributed by atoms with Gasteiger partial charge in [-0.05, 0) is 55.7 Å². The van der Waals surface area contributed by atoms with Crippen molar-refractivity contribution in [2.45, 2.75) is 45.0 Å². The van der Waals surface area contributed by atoms with Gasteiger partial charge in [0, 0.05) is 27.7 Å². The van der Waals surface area contributed by atoms with E-state index in [9.17, 15) is 4.79 Å². The van der Waals surface area contributed by atoms with E-state index < -0.39 is 6.04 Å². The molecular weight excluding hydrogens is 558 g/mol. The van der Waals surface area contributed by atoms with Crippen LogP contribution in [-0.4, -0.2) is 33.5 Å². The fraction of sp³-hybridized carbons (Fsp3) is 0.258. The first-order valence-electron chi connectivity index (χ1n) is 13.4. The molecule has 4 aromatic rings. The molecule has 10 heteroatoms. The summed E-state index contributed by atoms with van der Waals surface area (Å²) in [7, 11) is 1.59. The van der Waals surface area contributed by atoms with Gasteiger partial charge in [-0.3, -0.25) is 4.79 Å². The topological polar surface area (TPSA) is 90.3 Å². The van der Waals surface area contributed by atoms with Crippen molar-refractivity contribution in [3.63, 3.8) is 0 Å². The van der Waals surface area contributed by atoms with Gasteiger partial charge in [0.15, 0.2) is 11.5 Å². The molecule has 2 N–H and O–H groups in total. The van der Waals surface area contributed by atoms with Gasteiger partial charge >= 0.3 is 0 Å². The zero-order valence-corrected chi connectivity index (χ0v) is 25.0. The maximum atomic E-state index is 13.9. The molecule has 1 aliphatic rings. The highest BCUT2D eigenvalue weighted by Crippen LogP contribution is 2.40. The summed E-state index contributed by atoms with van der Waals surface area (Å²) in [4.78, 5) is 18.6. The maximum Gasteiger partial charge on any atom is 0.255 e. The van der Waals surface area contributed by atoms with Gasteiger partial charge in [0.2, 0.25) is 11.1 Å². The van der Waals surface area contributed by atoms with Crippen LogP contribution in [0.1, 0.15) is 43.0 Å². The minimum Gasteiger partial charge on any atom is -0.493 e. The van der Waals surface area contributed by atoms with Gasteiger partial charge in [-0.1, -0.05) is 72.8 Å². The van der Waals surface area contributed by atoms with Gasteiger partial charge < -0.3 is 20.1 Å². The minimum absolute atomic E-state index is 0.226. The molecule has 0 aliphatic carbocycles. The van der Waals surface area contributed by atoms with Crippen molar-refractivity contribution in [1.82, 2.24) is 14.8 Å². The lowest BCUT2D eigenvalue weighted by Gasteiger charge is -2.29. The van der Waals surface area contributed by atoms with Gasteiger partial charge in [0.05, 0.1) is 12.7 Å². The molecule has 1 amide bonds. The highest BCUT2D eigenvalue weighted by Gasteiger charge is 2.35. The maximum absolute atomic E-state index is 13.9. The number of rotatable bonds is 10. The summed E-state index contributed by atoms with van der Waals surface area (Å²) in [5.41, 5.74) is 4.63. The number of thioether (sulfide) groups is 1. The molecular formula is C31H32ClN5O3S. The molecule has 0 spiro atoms. The summed E-state index contributed by atoms with van der Waals surface area (Å²) in [6.45, 7) is 6.25. The lowest BCUT2D eigenvalue weighted by Crippen LogP contribution is -2.31. The molecule has 0 saturated carbocycles. The number of fused-ring (bicyclic) bond motifs is 1. The van der Waals surface area contributed by atoms with E-state index in [0.717, 1.165) is 34.6 Å². The van der Waals surface area contributed by atoms with Crippen LogP contribution in [-0.2, 0) is 11.4 Å². The van der Waals surface area contributed by atoms with Crippen LogP contribution in [0.4, 0.5) is 11.6 Å². The molecule has 2 heterocycles. The number of amides is 1. The average molecular weight is 590 g/mol. The third-order valence-electron chi connectivity index (χ3n) is 6.75. The second kappa shape index (κ2) is 12.7. The minimum atomic E-state index is -0.551. The predicted octanol–water partition coefficient (Wildman–Crippen LogP) is 7.26. The summed E-state index contributed by atoms with van der Waals surface area (Å²) in [5.74, 6) is 2.35.